The second-order valence-corrected chi connectivity index (χ2v) is 6.73. The maximum absolute atomic E-state index is 5.51. The van der Waals surface area contributed by atoms with E-state index in [4.69, 9.17) is 12.2 Å². The first-order valence-corrected chi connectivity index (χ1v) is 8.49. The van der Waals surface area contributed by atoms with E-state index in [1.54, 1.807) is 0 Å². The standard InChI is InChI=1S/C21H22S/c1-3-6-19(22)14-16-11-15(2)12-18(13-16)21-10-5-8-17-7-4-9-20(17)21/h4-5,7-8,10-13H,3,6,9,14H2,1-2H3. The highest BCUT2D eigenvalue weighted by atomic mass is 32.1. The van der Waals surface area contributed by atoms with Gasteiger partial charge in [-0.25, -0.2) is 0 Å². The van der Waals surface area contributed by atoms with Crippen LogP contribution in [0, 0.1) is 6.92 Å². The van der Waals surface area contributed by atoms with Crippen LogP contribution in [0.5, 0.6) is 0 Å². The minimum atomic E-state index is 0.922. The molecule has 112 valence electrons. The van der Waals surface area contributed by atoms with Crippen molar-refractivity contribution in [2.75, 3.05) is 0 Å². The quantitative estimate of drug-likeness (QED) is 0.616. The molecule has 0 N–H and O–H groups in total. The van der Waals surface area contributed by atoms with E-state index >= 15 is 0 Å². The zero-order valence-electron chi connectivity index (χ0n) is 13.4. The molecule has 0 bridgehead atoms. The van der Waals surface area contributed by atoms with E-state index in [1.807, 2.05) is 0 Å². The molecule has 22 heavy (non-hydrogen) atoms. The average molecular weight is 306 g/mol. The number of benzene rings is 2. The Morgan fingerprint density at radius 1 is 1.18 bits per heavy atom. The average Bonchev–Trinajstić information content (AvgIpc) is 2.95. The van der Waals surface area contributed by atoms with Crippen molar-refractivity contribution in [3.05, 3.63) is 64.7 Å². The van der Waals surface area contributed by atoms with Crippen LogP contribution < -0.4 is 0 Å². The summed E-state index contributed by atoms with van der Waals surface area (Å²) in [6.45, 7) is 4.37. The molecule has 0 spiro atoms. The zero-order valence-corrected chi connectivity index (χ0v) is 14.2. The smallest absolute Gasteiger partial charge is 0.00385 e. The zero-order chi connectivity index (χ0) is 15.5. The molecule has 1 heteroatoms. The lowest BCUT2D eigenvalue weighted by Gasteiger charge is -2.12. The van der Waals surface area contributed by atoms with Crippen LogP contribution in [0.3, 0.4) is 0 Å². The Kier molecular flexibility index (Phi) is 4.54. The number of aryl methyl sites for hydroxylation is 1. The van der Waals surface area contributed by atoms with Gasteiger partial charge in [-0.3, -0.25) is 0 Å². The third-order valence-electron chi connectivity index (χ3n) is 4.21. The SMILES string of the molecule is CCCC(=S)Cc1cc(C)cc(-c2cccc3c2CC=C3)c1. The summed E-state index contributed by atoms with van der Waals surface area (Å²) in [5.74, 6) is 0. The van der Waals surface area contributed by atoms with Crippen molar-refractivity contribution in [2.45, 2.75) is 39.5 Å². The van der Waals surface area contributed by atoms with E-state index in [-0.39, 0.29) is 0 Å². The highest BCUT2D eigenvalue weighted by Crippen LogP contribution is 2.32. The second-order valence-electron chi connectivity index (χ2n) is 6.15. The maximum atomic E-state index is 5.51. The molecule has 1 aliphatic rings. The molecule has 3 rings (SSSR count). The Balaban J connectivity index is 1.97. The summed E-state index contributed by atoms with van der Waals surface area (Å²) in [5, 5.41) is 0. The molecule has 0 saturated heterocycles. The summed E-state index contributed by atoms with van der Waals surface area (Å²) in [5.41, 5.74) is 8.17. The first kappa shape index (κ1) is 15.2. The van der Waals surface area contributed by atoms with Crippen LogP contribution in [-0.4, -0.2) is 4.86 Å². The molecule has 2 aromatic carbocycles. The van der Waals surface area contributed by atoms with Gasteiger partial charge in [-0.1, -0.05) is 79.7 Å². The van der Waals surface area contributed by atoms with Gasteiger partial charge in [0.05, 0.1) is 0 Å². The van der Waals surface area contributed by atoms with Crippen LogP contribution in [0.1, 0.15) is 42.0 Å². The van der Waals surface area contributed by atoms with Gasteiger partial charge in [-0.05, 0) is 52.4 Å². The number of allylic oxidation sites excluding steroid dienone is 1. The number of thiocarbonyl (C=S) groups is 1. The minimum Gasteiger partial charge on any atom is -0.0893 e. The van der Waals surface area contributed by atoms with Crippen molar-refractivity contribution in [3.8, 4) is 11.1 Å². The fourth-order valence-electron chi connectivity index (χ4n) is 3.28. The summed E-state index contributed by atoms with van der Waals surface area (Å²) in [4.78, 5) is 1.17. The first-order chi connectivity index (χ1) is 10.7. The van der Waals surface area contributed by atoms with Crippen molar-refractivity contribution in [1.82, 2.24) is 0 Å². The van der Waals surface area contributed by atoms with Crippen LogP contribution in [0.15, 0.2) is 42.5 Å². The monoisotopic (exact) mass is 306 g/mol. The molecule has 0 atom stereocenters. The van der Waals surface area contributed by atoms with Gasteiger partial charge in [0.15, 0.2) is 0 Å². The molecule has 0 radical (unpaired) electrons. The fraction of sp³-hybridized carbons (Fsp3) is 0.286. The van der Waals surface area contributed by atoms with Gasteiger partial charge in [0.25, 0.3) is 0 Å². The highest BCUT2D eigenvalue weighted by Gasteiger charge is 2.12. The molecular weight excluding hydrogens is 284 g/mol. The van der Waals surface area contributed by atoms with E-state index in [1.165, 1.54) is 38.2 Å². The Bertz CT molecular complexity index is 738. The van der Waals surface area contributed by atoms with Crippen molar-refractivity contribution in [2.24, 2.45) is 0 Å². The Morgan fingerprint density at radius 2 is 2.05 bits per heavy atom. The molecule has 0 heterocycles. The van der Waals surface area contributed by atoms with Crippen molar-refractivity contribution < 1.29 is 0 Å². The van der Waals surface area contributed by atoms with Gasteiger partial charge in [0, 0.05) is 6.42 Å². The van der Waals surface area contributed by atoms with E-state index in [0.717, 1.165) is 25.7 Å². The topological polar surface area (TPSA) is 0 Å². The number of hydrogen-bond donors (Lipinski definition) is 0. The third kappa shape index (κ3) is 3.20. The summed E-state index contributed by atoms with van der Waals surface area (Å²) < 4.78 is 0. The Hall–Kier alpha value is -1.73. The molecule has 0 nitrogen and oxygen atoms in total. The molecular formula is C21H22S. The van der Waals surface area contributed by atoms with Gasteiger partial charge in [0.1, 0.15) is 0 Å². The molecule has 0 aliphatic heterocycles. The van der Waals surface area contributed by atoms with E-state index in [9.17, 15) is 0 Å². The second kappa shape index (κ2) is 6.58. The van der Waals surface area contributed by atoms with Gasteiger partial charge in [0.2, 0.25) is 0 Å². The fourth-order valence-corrected chi connectivity index (χ4v) is 3.65. The van der Waals surface area contributed by atoms with Crippen molar-refractivity contribution >= 4 is 23.2 Å². The summed E-state index contributed by atoms with van der Waals surface area (Å²) >= 11 is 5.51. The van der Waals surface area contributed by atoms with Crippen LogP contribution in [-0.2, 0) is 12.8 Å². The first-order valence-electron chi connectivity index (χ1n) is 8.08. The Labute approximate surface area is 138 Å². The molecule has 0 amide bonds. The van der Waals surface area contributed by atoms with Gasteiger partial charge in [-0.2, -0.15) is 0 Å². The summed E-state index contributed by atoms with van der Waals surface area (Å²) in [6.07, 6.45) is 8.62. The predicted molar refractivity (Wildman–Crippen MR) is 101 cm³/mol. The van der Waals surface area contributed by atoms with Gasteiger partial charge < -0.3 is 0 Å². The van der Waals surface area contributed by atoms with E-state index in [0.29, 0.717) is 0 Å². The lowest BCUT2D eigenvalue weighted by Crippen LogP contribution is -2.00. The number of fused-ring (bicyclic) bond motifs is 1. The van der Waals surface area contributed by atoms with Crippen molar-refractivity contribution in [1.29, 1.82) is 0 Å². The largest absolute Gasteiger partial charge is 0.0893 e. The molecule has 0 aromatic heterocycles. The molecule has 0 saturated carbocycles. The lowest BCUT2D eigenvalue weighted by atomic mass is 9.93. The van der Waals surface area contributed by atoms with Crippen LogP contribution in [0.2, 0.25) is 0 Å². The molecule has 0 fully saturated rings. The molecule has 2 aromatic rings. The van der Waals surface area contributed by atoms with Crippen LogP contribution in [0.4, 0.5) is 0 Å². The van der Waals surface area contributed by atoms with Gasteiger partial charge >= 0.3 is 0 Å². The summed E-state index contributed by atoms with van der Waals surface area (Å²) in [6, 6.07) is 13.5. The van der Waals surface area contributed by atoms with Gasteiger partial charge in [-0.15, -0.1) is 0 Å². The normalized spacial score (nSPS) is 12.5. The summed E-state index contributed by atoms with van der Waals surface area (Å²) in [7, 11) is 0. The van der Waals surface area contributed by atoms with Crippen LogP contribution >= 0.6 is 12.2 Å². The lowest BCUT2D eigenvalue weighted by molar-refractivity contribution is 0.989. The predicted octanol–water partition coefficient (Wildman–Crippen LogP) is 5.94. The number of rotatable bonds is 5. The van der Waals surface area contributed by atoms with E-state index < -0.39 is 0 Å². The van der Waals surface area contributed by atoms with Crippen LogP contribution in [0.25, 0.3) is 17.2 Å². The minimum absolute atomic E-state index is 0.922. The molecule has 0 unspecified atom stereocenters. The highest BCUT2D eigenvalue weighted by molar-refractivity contribution is 7.80. The number of hydrogen-bond acceptors (Lipinski definition) is 1. The third-order valence-corrected chi connectivity index (χ3v) is 4.56. The van der Waals surface area contributed by atoms with E-state index in [2.05, 4.69) is 62.4 Å². The molecule has 1 aliphatic carbocycles. The van der Waals surface area contributed by atoms with Crippen molar-refractivity contribution in [3.63, 3.8) is 0 Å². The Morgan fingerprint density at radius 3 is 2.86 bits per heavy atom. The maximum Gasteiger partial charge on any atom is 0.00385 e.